The molecule has 0 aliphatic heterocycles. The van der Waals surface area contributed by atoms with Crippen LogP contribution in [0.25, 0.3) is 0 Å². The van der Waals surface area contributed by atoms with E-state index in [0.717, 1.165) is 5.56 Å². The number of nitrogens with one attached hydrogen (secondary N) is 1. The Balaban J connectivity index is 1.94. The molecule has 5 nitrogen and oxygen atoms in total. The predicted molar refractivity (Wildman–Crippen MR) is 123 cm³/mol. The van der Waals surface area contributed by atoms with Crippen molar-refractivity contribution in [1.82, 2.24) is 0 Å². The molecule has 0 bridgehead atoms. The van der Waals surface area contributed by atoms with Crippen LogP contribution in [0.3, 0.4) is 0 Å². The summed E-state index contributed by atoms with van der Waals surface area (Å²) < 4.78 is 41.4. The minimum atomic E-state index is -4.58. The standard InChI is InChI=1S/C26H30F3NO4/c1-4-22(25(33)34-16-26(27,28)29)17(2)13-18(3)24(32)30-21-12-8-9-19(14-21)15-23(31)20-10-6-5-7-11-20/h5-12,14,17-18,22H,4,13,15-16H2,1-3H3,(H,30,32). The molecular formula is C26H30F3NO4. The smallest absolute Gasteiger partial charge is 0.422 e. The molecule has 1 amide bonds. The van der Waals surface area contributed by atoms with Crippen molar-refractivity contribution in [3.05, 3.63) is 65.7 Å². The molecular weight excluding hydrogens is 447 g/mol. The molecule has 0 aromatic heterocycles. The van der Waals surface area contributed by atoms with Gasteiger partial charge in [0, 0.05) is 23.6 Å². The van der Waals surface area contributed by atoms with Gasteiger partial charge in [0.2, 0.25) is 5.91 Å². The maximum absolute atomic E-state index is 12.7. The lowest BCUT2D eigenvalue weighted by Gasteiger charge is -2.24. The van der Waals surface area contributed by atoms with Gasteiger partial charge in [-0.2, -0.15) is 13.2 Å². The molecule has 3 atom stereocenters. The van der Waals surface area contributed by atoms with Crippen molar-refractivity contribution >= 4 is 23.3 Å². The number of carbonyl (C=O) groups excluding carboxylic acids is 3. The quantitative estimate of drug-likeness (QED) is 0.326. The second kappa shape index (κ2) is 12.3. The summed E-state index contributed by atoms with van der Waals surface area (Å²) in [6.45, 7) is 3.50. The highest BCUT2D eigenvalue weighted by molar-refractivity contribution is 5.98. The van der Waals surface area contributed by atoms with Crippen molar-refractivity contribution < 1.29 is 32.3 Å². The number of ether oxygens (including phenoxy) is 1. The molecule has 2 aromatic rings. The lowest BCUT2D eigenvalue weighted by Crippen LogP contribution is -2.30. The molecule has 8 heteroatoms. The Morgan fingerprint density at radius 3 is 2.29 bits per heavy atom. The first kappa shape index (κ1) is 27.1. The molecule has 184 valence electrons. The van der Waals surface area contributed by atoms with Gasteiger partial charge in [-0.1, -0.05) is 63.2 Å². The Kier molecular flexibility index (Phi) is 9.83. The van der Waals surface area contributed by atoms with Gasteiger partial charge in [0.05, 0.1) is 5.92 Å². The minimum absolute atomic E-state index is 0.0331. The molecule has 0 aliphatic carbocycles. The lowest BCUT2D eigenvalue weighted by molar-refractivity contribution is -0.190. The summed E-state index contributed by atoms with van der Waals surface area (Å²) in [6, 6.07) is 15.9. The number of ketones is 1. The zero-order valence-corrected chi connectivity index (χ0v) is 19.5. The van der Waals surface area contributed by atoms with Crippen LogP contribution in [0.2, 0.25) is 0 Å². The van der Waals surface area contributed by atoms with Crippen molar-refractivity contribution in [1.29, 1.82) is 0 Å². The molecule has 1 N–H and O–H groups in total. The Morgan fingerprint density at radius 1 is 1.00 bits per heavy atom. The number of halogens is 3. The molecule has 0 radical (unpaired) electrons. The fraction of sp³-hybridized carbons (Fsp3) is 0.423. The van der Waals surface area contributed by atoms with E-state index >= 15 is 0 Å². The lowest BCUT2D eigenvalue weighted by atomic mass is 9.84. The van der Waals surface area contributed by atoms with Gasteiger partial charge < -0.3 is 10.1 Å². The first-order chi connectivity index (χ1) is 16.0. The zero-order valence-electron chi connectivity index (χ0n) is 19.5. The van der Waals surface area contributed by atoms with E-state index in [0.29, 0.717) is 24.1 Å². The molecule has 3 unspecified atom stereocenters. The van der Waals surface area contributed by atoms with Crippen molar-refractivity contribution in [2.24, 2.45) is 17.8 Å². The number of carbonyl (C=O) groups is 3. The summed E-state index contributed by atoms with van der Waals surface area (Å²) in [4.78, 5) is 37.2. The van der Waals surface area contributed by atoms with Crippen molar-refractivity contribution in [3.63, 3.8) is 0 Å². The highest BCUT2D eigenvalue weighted by Gasteiger charge is 2.33. The van der Waals surface area contributed by atoms with E-state index in [4.69, 9.17) is 0 Å². The number of hydrogen-bond acceptors (Lipinski definition) is 4. The summed E-state index contributed by atoms with van der Waals surface area (Å²) in [5, 5.41) is 2.82. The van der Waals surface area contributed by atoms with Crippen molar-refractivity contribution in [3.8, 4) is 0 Å². The molecule has 0 saturated carbocycles. The number of amides is 1. The van der Waals surface area contributed by atoms with Crippen LogP contribution in [0.4, 0.5) is 18.9 Å². The van der Waals surface area contributed by atoms with Crippen LogP contribution in [0.15, 0.2) is 54.6 Å². The fourth-order valence-corrected chi connectivity index (χ4v) is 3.83. The molecule has 0 saturated heterocycles. The van der Waals surface area contributed by atoms with Gasteiger partial charge >= 0.3 is 12.1 Å². The van der Waals surface area contributed by atoms with E-state index in [-0.39, 0.29) is 24.0 Å². The highest BCUT2D eigenvalue weighted by Crippen LogP contribution is 2.26. The second-order valence-corrected chi connectivity index (χ2v) is 8.51. The maximum Gasteiger partial charge on any atom is 0.422 e. The molecule has 2 rings (SSSR count). The summed E-state index contributed by atoms with van der Waals surface area (Å²) in [5.41, 5.74) is 1.91. The van der Waals surface area contributed by atoms with E-state index in [1.54, 1.807) is 69.3 Å². The summed E-state index contributed by atoms with van der Waals surface area (Å²) >= 11 is 0. The average molecular weight is 478 g/mol. The number of anilines is 1. The average Bonchev–Trinajstić information content (AvgIpc) is 2.78. The molecule has 34 heavy (non-hydrogen) atoms. The second-order valence-electron chi connectivity index (χ2n) is 8.51. The van der Waals surface area contributed by atoms with E-state index in [1.807, 2.05) is 6.07 Å². The maximum atomic E-state index is 12.7. The topological polar surface area (TPSA) is 72.5 Å². The number of esters is 1. The Morgan fingerprint density at radius 2 is 1.68 bits per heavy atom. The van der Waals surface area contributed by atoms with Gasteiger partial charge in [-0.25, -0.2) is 0 Å². The van der Waals surface area contributed by atoms with Crippen molar-refractivity contribution in [2.45, 2.75) is 46.2 Å². The highest BCUT2D eigenvalue weighted by atomic mass is 19.4. The Labute approximate surface area is 197 Å². The zero-order chi connectivity index (χ0) is 25.3. The van der Waals surface area contributed by atoms with Crippen LogP contribution in [0.5, 0.6) is 0 Å². The molecule has 0 spiro atoms. The van der Waals surface area contributed by atoms with Crippen LogP contribution in [-0.4, -0.2) is 30.4 Å². The summed E-state index contributed by atoms with van der Waals surface area (Å²) in [6.07, 6.45) is -3.77. The van der Waals surface area contributed by atoms with Crippen LogP contribution in [-0.2, 0) is 20.7 Å². The number of alkyl halides is 3. The van der Waals surface area contributed by atoms with E-state index in [1.165, 1.54) is 0 Å². The molecule has 0 aliphatic rings. The van der Waals surface area contributed by atoms with Gasteiger partial charge in [-0.15, -0.1) is 0 Å². The third kappa shape index (κ3) is 8.65. The van der Waals surface area contributed by atoms with Crippen LogP contribution in [0, 0.1) is 17.8 Å². The normalized spacial score (nSPS) is 14.1. The third-order valence-corrected chi connectivity index (χ3v) is 5.64. The largest absolute Gasteiger partial charge is 0.456 e. The SMILES string of the molecule is CCC(C(=O)OCC(F)(F)F)C(C)CC(C)C(=O)Nc1cccc(CC(=O)c2ccccc2)c1. The van der Waals surface area contributed by atoms with Gasteiger partial charge in [-0.05, 0) is 36.5 Å². The number of hydrogen-bond donors (Lipinski definition) is 1. The first-order valence-corrected chi connectivity index (χ1v) is 11.2. The Hall–Kier alpha value is -3.16. The fourth-order valence-electron chi connectivity index (χ4n) is 3.83. The van der Waals surface area contributed by atoms with E-state index in [9.17, 15) is 27.6 Å². The molecule has 0 heterocycles. The predicted octanol–water partition coefficient (Wildman–Crippen LogP) is 5.84. The minimum Gasteiger partial charge on any atom is -0.456 e. The van der Waals surface area contributed by atoms with Gasteiger partial charge in [-0.3, -0.25) is 14.4 Å². The number of benzene rings is 2. The Bertz CT molecular complexity index is 976. The van der Waals surface area contributed by atoms with E-state index < -0.39 is 30.6 Å². The van der Waals surface area contributed by atoms with E-state index in [2.05, 4.69) is 10.1 Å². The molecule has 0 fully saturated rings. The van der Waals surface area contributed by atoms with Gasteiger partial charge in [0.15, 0.2) is 12.4 Å². The van der Waals surface area contributed by atoms with Gasteiger partial charge in [0.25, 0.3) is 0 Å². The van der Waals surface area contributed by atoms with Gasteiger partial charge in [0.1, 0.15) is 0 Å². The van der Waals surface area contributed by atoms with Crippen LogP contribution < -0.4 is 5.32 Å². The monoisotopic (exact) mass is 477 g/mol. The van der Waals surface area contributed by atoms with Crippen molar-refractivity contribution in [2.75, 3.05) is 11.9 Å². The first-order valence-electron chi connectivity index (χ1n) is 11.2. The van der Waals surface area contributed by atoms with Crippen LogP contribution in [0.1, 0.15) is 49.5 Å². The van der Waals surface area contributed by atoms with Crippen LogP contribution >= 0.6 is 0 Å². The number of Topliss-reactive ketones (excluding diaryl/α,β-unsaturated/α-hetero) is 1. The molecule has 2 aromatic carbocycles. The number of rotatable bonds is 11. The summed E-state index contributed by atoms with van der Waals surface area (Å²) in [7, 11) is 0. The summed E-state index contributed by atoms with van der Waals surface area (Å²) in [5.74, 6) is -2.79. The third-order valence-electron chi connectivity index (χ3n) is 5.64.